The number of nitrogens with zero attached hydrogens (tertiary/aromatic N) is 1. The van der Waals surface area contributed by atoms with Crippen molar-refractivity contribution >= 4 is 46.5 Å². The summed E-state index contributed by atoms with van der Waals surface area (Å²) in [6, 6.07) is 4.61. The van der Waals surface area contributed by atoms with Gasteiger partial charge in [-0.05, 0) is 25.1 Å². The molecule has 4 N–H and O–H groups in total. The van der Waals surface area contributed by atoms with Crippen LogP contribution in [0, 0.1) is 6.92 Å². The van der Waals surface area contributed by atoms with E-state index in [1.54, 1.807) is 19.1 Å². The lowest BCUT2D eigenvalue weighted by atomic mass is 10.1. The van der Waals surface area contributed by atoms with E-state index in [0.717, 1.165) is 13.1 Å². The zero-order chi connectivity index (χ0) is 18.8. The van der Waals surface area contributed by atoms with Crippen LogP contribution in [-0.2, 0) is 0 Å². The van der Waals surface area contributed by atoms with Gasteiger partial charge in [0.05, 0.1) is 27.0 Å². The van der Waals surface area contributed by atoms with Gasteiger partial charge >= 0.3 is 5.97 Å². The maximum atomic E-state index is 12.6. The van der Waals surface area contributed by atoms with Crippen molar-refractivity contribution in [2.24, 2.45) is 0 Å². The average molecular weight is 397 g/mol. The minimum atomic E-state index is -1.02. The Kier molecular flexibility index (Phi) is 5.41. The minimum Gasteiger partial charge on any atom is -0.478 e. The Bertz CT molecular complexity index is 860. The number of carbonyl (C=O) groups excluding carboxylic acids is 1. The molecule has 26 heavy (non-hydrogen) atoms. The Morgan fingerprint density at radius 1 is 1.19 bits per heavy atom. The molecule has 7 nitrogen and oxygen atoms in total. The number of carboxylic acids is 1. The zero-order valence-electron chi connectivity index (χ0n) is 14.0. The highest BCUT2D eigenvalue weighted by molar-refractivity contribution is 6.44. The second-order valence-electron chi connectivity index (χ2n) is 5.98. The van der Waals surface area contributed by atoms with E-state index in [0.29, 0.717) is 35.2 Å². The second-order valence-corrected chi connectivity index (χ2v) is 6.74. The van der Waals surface area contributed by atoms with Crippen molar-refractivity contribution in [3.8, 4) is 0 Å². The third-order valence-electron chi connectivity index (χ3n) is 4.23. The fourth-order valence-corrected chi connectivity index (χ4v) is 3.27. The molecule has 0 unspecified atom stereocenters. The topological polar surface area (TPSA) is 97.5 Å². The lowest BCUT2D eigenvalue weighted by Crippen LogP contribution is -2.43. The van der Waals surface area contributed by atoms with Crippen LogP contribution in [0.25, 0.3) is 0 Å². The van der Waals surface area contributed by atoms with Gasteiger partial charge in [-0.2, -0.15) is 0 Å². The molecular formula is C17H18Cl2N4O3. The lowest BCUT2D eigenvalue weighted by Gasteiger charge is -2.31. The molecule has 1 amide bonds. The number of carbonyl (C=O) groups is 2. The summed E-state index contributed by atoms with van der Waals surface area (Å²) in [4.78, 5) is 28.8. The highest BCUT2D eigenvalue weighted by Gasteiger charge is 2.21. The van der Waals surface area contributed by atoms with Crippen LogP contribution in [0.3, 0.4) is 0 Å². The summed E-state index contributed by atoms with van der Waals surface area (Å²) in [5.74, 6) is -1.46. The molecule has 0 aliphatic carbocycles. The largest absolute Gasteiger partial charge is 0.478 e. The maximum absolute atomic E-state index is 12.6. The molecule has 0 bridgehead atoms. The summed E-state index contributed by atoms with van der Waals surface area (Å²) in [6.45, 7) is 4.70. The van der Waals surface area contributed by atoms with Gasteiger partial charge in [0, 0.05) is 31.9 Å². The number of aromatic amines is 1. The number of halogens is 2. The van der Waals surface area contributed by atoms with E-state index in [1.807, 2.05) is 4.90 Å². The molecule has 0 radical (unpaired) electrons. The van der Waals surface area contributed by atoms with Crippen molar-refractivity contribution in [3.63, 3.8) is 0 Å². The standard InChI is InChI=1S/C17H18Cl2N4O3/c1-9-13(18)14(19)15(21-9)16(24)22-11-3-2-10(17(25)26)8-12(11)23-6-4-20-5-7-23/h2-3,8,20-21H,4-7H2,1H3,(H,22,24)(H,25,26). The van der Waals surface area contributed by atoms with Crippen LogP contribution in [0.4, 0.5) is 11.4 Å². The first-order chi connectivity index (χ1) is 12.4. The molecule has 2 aromatic rings. The number of aromatic carboxylic acids is 1. The van der Waals surface area contributed by atoms with Crippen LogP contribution in [0.2, 0.25) is 10.0 Å². The second kappa shape index (κ2) is 7.57. The van der Waals surface area contributed by atoms with E-state index in [1.165, 1.54) is 6.07 Å². The van der Waals surface area contributed by atoms with E-state index < -0.39 is 11.9 Å². The Hall–Kier alpha value is -2.22. The van der Waals surface area contributed by atoms with Crippen molar-refractivity contribution in [3.05, 3.63) is 45.2 Å². The number of piperazine rings is 1. The number of H-pyrrole nitrogens is 1. The van der Waals surface area contributed by atoms with Crippen molar-refractivity contribution in [2.45, 2.75) is 6.92 Å². The number of amides is 1. The van der Waals surface area contributed by atoms with E-state index in [-0.39, 0.29) is 16.3 Å². The number of anilines is 2. The third-order valence-corrected chi connectivity index (χ3v) is 5.18. The highest BCUT2D eigenvalue weighted by atomic mass is 35.5. The Morgan fingerprint density at radius 2 is 1.88 bits per heavy atom. The lowest BCUT2D eigenvalue weighted by molar-refractivity contribution is 0.0696. The molecule has 1 aliphatic heterocycles. The third kappa shape index (κ3) is 3.65. The molecule has 9 heteroatoms. The predicted molar refractivity (Wildman–Crippen MR) is 102 cm³/mol. The molecular weight excluding hydrogens is 379 g/mol. The van der Waals surface area contributed by atoms with E-state index in [9.17, 15) is 14.7 Å². The fraction of sp³-hybridized carbons (Fsp3) is 0.294. The summed E-state index contributed by atoms with van der Waals surface area (Å²) in [5, 5.41) is 15.8. The molecule has 2 heterocycles. The molecule has 0 spiro atoms. The molecule has 1 fully saturated rings. The minimum absolute atomic E-state index is 0.160. The number of hydrogen-bond donors (Lipinski definition) is 4. The monoisotopic (exact) mass is 396 g/mol. The van der Waals surface area contributed by atoms with Crippen LogP contribution in [-0.4, -0.2) is 48.1 Å². The summed E-state index contributed by atoms with van der Waals surface area (Å²) < 4.78 is 0. The summed E-state index contributed by atoms with van der Waals surface area (Å²) >= 11 is 12.1. The molecule has 0 saturated carbocycles. The van der Waals surface area contributed by atoms with Crippen molar-refractivity contribution < 1.29 is 14.7 Å². The Morgan fingerprint density at radius 3 is 2.46 bits per heavy atom. The van der Waals surface area contributed by atoms with Crippen molar-refractivity contribution in [1.82, 2.24) is 10.3 Å². The quantitative estimate of drug-likeness (QED) is 0.636. The molecule has 0 atom stereocenters. The number of nitrogens with one attached hydrogen (secondary N) is 3. The average Bonchev–Trinajstić information content (AvgIpc) is 2.90. The van der Waals surface area contributed by atoms with Crippen molar-refractivity contribution in [2.75, 3.05) is 36.4 Å². The van der Waals surface area contributed by atoms with Crippen molar-refractivity contribution in [1.29, 1.82) is 0 Å². The first-order valence-corrected chi connectivity index (χ1v) is 8.82. The van der Waals surface area contributed by atoms with E-state index >= 15 is 0 Å². The van der Waals surface area contributed by atoms with Gasteiger partial charge in [0.2, 0.25) is 0 Å². The van der Waals surface area contributed by atoms with Gasteiger partial charge in [-0.15, -0.1) is 0 Å². The summed E-state index contributed by atoms with van der Waals surface area (Å²) in [7, 11) is 0. The van der Waals surface area contributed by atoms with Gasteiger partial charge in [0.15, 0.2) is 0 Å². The van der Waals surface area contributed by atoms with Gasteiger partial charge < -0.3 is 25.6 Å². The van der Waals surface area contributed by atoms with Gasteiger partial charge in [-0.1, -0.05) is 23.2 Å². The predicted octanol–water partition coefficient (Wildman–Crippen LogP) is 2.99. The Balaban J connectivity index is 1.94. The summed E-state index contributed by atoms with van der Waals surface area (Å²) in [5.41, 5.74) is 2.10. The number of hydrogen-bond acceptors (Lipinski definition) is 4. The number of carboxylic acid groups (broad SMARTS) is 1. The summed E-state index contributed by atoms with van der Waals surface area (Å²) in [6.07, 6.45) is 0. The smallest absolute Gasteiger partial charge is 0.335 e. The number of rotatable bonds is 4. The van der Waals surface area contributed by atoms with Gasteiger partial charge in [-0.3, -0.25) is 4.79 Å². The number of aryl methyl sites for hydroxylation is 1. The van der Waals surface area contributed by atoms with Crippen LogP contribution in [0.5, 0.6) is 0 Å². The molecule has 1 aromatic heterocycles. The van der Waals surface area contributed by atoms with Gasteiger partial charge in [0.1, 0.15) is 5.69 Å². The molecule has 1 saturated heterocycles. The van der Waals surface area contributed by atoms with Crippen LogP contribution < -0.4 is 15.5 Å². The Labute approximate surface area is 160 Å². The van der Waals surface area contributed by atoms with E-state index in [2.05, 4.69) is 15.6 Å². The first-order valence-electron chi connectivity index (χ1n) is 8.06. The van der Waals surface area contributed by atoms with Gasteiger partial charge in [0.25, 0.3) is 5.91 Å². The fourth-order valence-electron chi connectivity index (χ4n) is 2.85. The molecule has 1 aliphatic rings. The highest BCUT2D eigenvalue weighted by Crippen LogP contribution is 2.32. The maximum Gasteiger partial charge on any atom is 0.335 e. The molecule has 3 rings (SSSR count). The number of aromatic nitrogens is 1. The molecule has 138 valence electrons. The van der Waals surface area contributed by atoms with E-state index in [4.69, 9.17) is 23.2 Å². The van der Waals surface area contributed by atoms with Crippen LogP contribution in [0.1, 0.15) is 26.5 Å². The zero-order valence-corrected chi connectivity index (χ0v) is 15.5. The van der Waals surface area contributed by atoms with Gasteiger partial charge in [-0.25, -0.2) is 4.79 Å². The van der Waals surface area contributed by atoms with Crippen LogP contribution >= 0.6 is 23.2 Å². The molecule has 1 aromatic carbocycles. The first kappa shape index (κ1) is 18.6. The normalized spacial score (nSPS) is 14.3. The SMILES string of the molecule is Cc1[nH]c(C(=O)Nc2ccc(C(=O)O)cc2N2CCNCC2)c(Cl)c1Cl. The number of benzene rings is 1. The van der Waals surface area contributed by atoms with Crippen LogP contribution in [0.15, 0.2) is 18.2 Å².